The van der Waals surface area contributed by atoms with Crippen molar-refractivity contribution in [1.82, 2.24) is 19.4 Å². The maximum absolute atomic E-state index is 14.1. The molecule has 39 heavy (non-hydrogen) atoms. The fourth-order valence-corrected chi connectivity index (χ4v) is 5.08. The zero-order valence-corrected chi connectivity index (χ0v) is 22.0. The number of halogens is 3. The number of fused-ring (bicyclic) bond motifs is 1. The number of imidazole rings is 1. The summed E-state index contributed by atoms with van der Waals surface area (Å²) in [5.74, 6) is -0.102. The fourth-order valence-electron chi connectivity index (χ4n) is 4.92. The molecule has 0 radical (unpaired) electrons. The third-order valence-electron chi connectivity index (χ3n) is 6.98. The summed E-state index contributed by atoms with van der Waals surface area (Å²) in [7, 11) is 1.42. The first kappa shape index (κ1) is 26.8. The van der Waals surface area contributed by atoms with Gasteiger partial charge in [0.05, 0.1) is 24.7 Å². The van der Waals surface area contributed by atoms with Gasteiger partial charge in [0.1, 0.15) is 29.5 Å². The summed E-state index contributed by atoms with van der Waals surface area (Å²) < 4.78 is 40.7. The summed E-state index contributed by atoms with van der Waals surface area (Å²) >= 11 is 5.82. The number of rotatable bonds is 9. The molecule has 4 aromatic rings. The number of ether oxygens (including phenoxy) is 2. The lowest BCUT2D eigenvalue weighted by atomic mass is 9.93. The van der Waals surface area contributed by atoms with Gasteiger partial charge in [-0.2, -0.15) is 0 Å². The van der Waals surface area contributed by atoms with Crippen LogP contribution in [0.5, 0.6) is 11.6 Å². The number of aromatic carboxylic acids is 1. The highest BCUT2D eigenvalue weighted by molar-refractivity contribution is 6.30. The lowest BCUT2D eigenvalue weighted by molar-refractivity contribution is 0.0696. The van der Waals surface area contributed by atoms with Gasteiger partial charge in [0.25, 0.3) is 0 Å². The largest absolute Gasteiger partial charge is 0.494 e. The molecule has 11 heteroatoms. The van der Waals surface area contributed by atoms with Crippen LogP contribution in [0.25, 0.3) is 11.0 Å². The molecular formula is C28H27ClF2N4O4. The molecule has 0 aliphatic carbocycles. The molecule has 3 heterocycles. The van der Waals surface area contributed by atoms with E-state index in [0.29, 0.717) is 39.9 Å². The van der Waals surface area contributed by atoms with Gasteiger partial charge >= 0.3 is 5.97 Å². The molecule has 0 spiro atoms. The number of alkyl halides is 1. The Hall–Kier alpha value is -3.76. The van der Waals surface area contributed by atoms with Crippen LogP contribution >= 0.6 is 11.6 Å². The van der Waals surface area contributed by atoms with Gasteiger partial charge in [0, 0.05) is 28.3 Å². The van der Waals surface area contributed by atoms with Crippen molar-refractivity contribution in [1.29, 1.82) is 0 Å². The Balaban J connectivity index is 1.24. The molecule has 0 unspecified atom stereocenters. The summed E-state index contributed by atoms with van der Waals surface area (Å²) in [6.07, 6.45) is 1.68. The van der Waals surface area contributed by atoms with Crippen LogP contribution in [0, 0.1) is 5.82 Å². The van der Waals surface area contributed by atoms with E-state index in [4.69, 9.17) is 21.1 Å². The summed E-state index contributed by atoms with van der Waals surface area (Å²) in [4.78, 5) is 22.9. The van der Waals surface area contributed by atoms with Crippen molar-refractivity contribution < 1.29 is 28.2 Å². The van der Waals surface area contributed by atoms with Gasteiger partial charge in [0.2, 0.25) is 5.88 Å². The topological polar surface area (TPSA) is 89.7 Å². The molecule has 0 amide bonds. The van der Waals surface area contributed by atoms with Crippen molar-refractivity contribution >= 4 is 28.6 Å². The smallest absolute Gasteiger partial charge is 0.335 e. The number of carboxylic acid groups (broad SMARTS) is 1. The molecule has 0 atom stereocenters. The van der Waals surface area contributed by atoms with E-state index in [9.17, 15) is 18.7 Å². The number of hydrogen-bond donors (Lipinski definition) is 1. The van der Waals surface area contributed by atoms with E-state index in [-0.39, 0.29) is 23.8 Å². The molecular weight excluding hydrogens is 530 g/mol. The van der Waals surface area contributed by atoms with E-state index in [0.717, 1.165) is 31.6 Å². The monoisotopic (exact) mass is 556 g/mol. The first-order valence-electron chi connectivity index (χ1n) is 12.5. The lowest BCUT2D eigenvalue weighted by Crippen LogP contribution is -2.33. The molecule has 5 rings (SSSR count). The molecule has 1 N–H and O–H groups in total. The minimum absolute atomic E-state index is 0.0345. The van der Waals surface area contributed by atoms with Crippen LogP contribution in [0.4, 0.5) is 8.78 Å². The van der Waals surface area contributed by atoms with Gasteiger partial charge in [-0.1, -0.05) is 23.7 Å². The second kappa shape index (κ2) is 11.5. The molecule has 1 saturated heterocycles. The lowest BCUT2D eigenvalue weighted by Gasteiger charge is -2.31. The van der Waals surface area contributed by atoms with E-state index >= 15 is 0 Å². The van der Waals surface area contributed by atoms with E-state index in [1.54, 1.807) is 18.2 Å². The van der Waals surface area contributed by atoms with Crippen LogP contribution in [0.2, 0.25) is 5.02 Å². The van der Waals surface area contributed by atoms with Crippen LogP contribution in [0.3, 0.4) is 0 Å². The van der Waals surface area contributed by atoms with Gasteiger partial charge in [-0.05, 0) is 56.3 Å². The van der Waals surface area contributed by atoms with Crippen molar-refractivity contribution in [2.45, 2.75) is 38.7 Å². The third-order valence-corrected chi connectivity index (χ3v) is 7.21. The Kier molecular flexibility index (Phi) is 7.94. The third kappa shape index (κ3) is 5.81. The molecule has 2 aromatic carbocycles. The minimum atomic E-state index is -1.10. The Morgan fingerprint density at radius 3 is 2.64 bits per heavy atom. The van der Waals surface area contributed by atoms with Gasteiger partial charge in [-0.25, -0.2) is 23.5 Å². The molecule has 1 fully saturated rings. The molecule has 204 valence electrons. The maximum Gasteiger partial charge on any atom is 0.335 e. The normalized spacial score (nSPS) is 14.6. The van der Waals surface area contributed by atoms with Gasteiger partial charge < -0.3 is 14.6 Å². The molecule has 0 bridgehead atoms. The zero-order valence-electron chi connectivity index (χ0n) is 21.2. The zero-order chi connectivity index (χ0) is 27.5. The first-order chi connectivity index (χ1) is 18.9. The second-order valence-corrected chi connectivity index (χ2v) is 9.84. The van der Waals surface area contributed by atoms with Gasteiger partial charge in [-0.15, -0.1) is 0 Å². The number of benzene rings is 2. The van der Waals surface area contributed by atoms with Crippen LogP contribution in [-0.2, 0) is 20.0 Å². The SMILES string of the molecule is COc1cc(C(=O)O)cc2nc(CN3CCC(c4cccc(OCc5ccc(Cl)cc5F)n4)CC3)n(CF)c12. The number of likely N-dealkylation sites (tertiary alicyclic amines) is 1. The van der Waals surface area contributed by atoms with Crippen molar-refractivity contribution in [3.05, 3.63) is 82.0 Å². The molecule has 1 aliphatic heterocycles. The van der Waals surface area contributed by atoms with E-state index in [2.05, 4.69) is 14.9 Å². The number of pyridine rings is 1. The van der Waals surface area contributed by atoms with Gasteiger partial charge in [-0.3, -0.25) is 9.47 Å². The van der Waals surface area contributed by atoms with Crippen molar-refractivity contribution in [2.75, 3.05) is 20.2 Å². The standard InChI is InChI=1S/C28H27ClF2N4O4/c1-38-24-12-19(28(36)37)11-23-27(24)35(16-30)25(32-23)14-34-9-7-17(8-10-34)22-3-2-4-26(33-22)39-15-18-5-6-20(29)13-21(18)31/h2-6,11-13,17H,7-10,14-16H2,1H3,(H,36,37). The summed E-state index contributed by atoms with van der Waals surface area (Å²) in [6.45, 7) is 1.16. The second-order valence-electron chi connectivity index (χ2n) is 9.40. The number of methoxy groups -OCH3 is 1. The van der Waals surface area contributed by atoms with Crippen molar-refractivity contribution in [3.8, 4) is 11.6 Å². The highest BCUT2D eigenvalue weighted by Gasteiger charge is 2.25. The number of carboxylic acids is 1. The summed E-state index contributed by atoms with van der Waals surface area (Å²) in [5, 5.41) is 9.72. The quantitative estimate of drug-likeness (QED) is 0.278. The molecule has 1 aliphatic rings. The van der Waals surface area contributed by atoms with Gasteiger partial charge in [0.15, 0.2) is 6.80 Å². The average molecular weight is 557 g/mol. The first-order valence-corrected chi connectivity index (χ1v) is 12.9. The van der Waals surface area contributed by atoms with Crippen molar-refractivity contribution in [2.24, 2.45) is 0 Å². The molecule has 8 nitrogen and oxygen atoms in total. The highest BCUT2D eigenvalue weighted by atomic mass is 35.5. The van der Waals surface area contributed by atoms with Crippen LogP contribution in [-0.4, -0.2) is 50.7 Å². The predicted molar refractivity (Wildman–Crippen MR) is 142 cm³/mol. The summed E-state index contributed by atoms with van der Waals surface area (Å²) in [5.41, 5.74) is 2.16. The number of piperidine rings is 1. The van der Waals surface area contributed by atoms with E-state index in [1.807, 2.05) is 12.1 Å². The van der Waals surface area contributed by atoms with Crippen molar-refractivity contribution in [3.63, 3.8) is 0 Å². The van der Waals surface area contributed by atoms with Crippen LogP contribution in [0.15, 0.2) is 48.5 Å². The highest BCUT2D eigenvalue weighted by Crippen LogP contribution is 2.32. The minimum Gasteiger partial charge on any atom is -0.494 e. The van der Waals surface area contributed by atoms with E-state index in [1.165, 1.54) is 29.9 Å². The van der Waals surface area contributed by atoms with Crippen LogP contribution in [0.1, 0.15) is 46.2 Å². The maximum atomic E-state index is 14.1. The summed E-state index contributed by atoms with van der Waals surface area (Å²) in [6, 6.07) is 12.9. The predicted octanol–water partition coefficient (Wildman–Crippen LogP) is 5.82. The fraction of sp³-hybridized carbons (Fsp3) is 0.321. The van der Waals surface area contributed by atoms with Crippen LogP contribution < -0.4 is 9.47 Å². The Morgan fingerprint density at radius 1 is 1.15 bits per heavy atom. The molecule has 2 aromatic heterocycles. The Bertz CT molecular complexity index is 1500. The number of aromatic nitrogens is 3. The number of hydrogen-bond acceptors (Lipinski definition) is 6. The number of carbonyl (C=O) groups is 1. The Morgan fingerprint density at radius 2 is 1.95 bits per heavy atom. The number of nitrogens with zero attached hydrogens (tertiary/aromatic N) is 4. The Labute approximate surface area is 228 Å². The van der Waals surface area contributed by atoms with E-state index < -0.39 is 18.6 Å². The average Bonchev–Trinajstić information content (AvgIpc) is 3.29. The molecule has 0 saturated carbocycles.